The van der Waals surface area contributed by atoms with E-state index in [1.165, 1.54) is 10.9 Å². The molecule has 0 saturated carbocycles. The number of nitrogens with zero attached hydrogens (tertiary/aromatic N) is 4. The van der Waals surface area contributed by atoms with E-state index in [0.717, 1.165) is 11.1 Å². The first kappa shape index (κ1) is 18.2. The minimum absolute atomic E-state index is 0.0879. The lowest BCUT2D eigenvalue weighted by molar-refractivity contribution is -0.132. The number of phenolic OH excluding ortho intramolecular Hbond substituents is 1. The molecule has 1 N–H and O–H groups in total. The average Bonchev–Trinajstić information content (AvgIpc) is 3.16. The van der Waals surface area contributed by atoms with Crippen molar-refractivity contribution in [3.05, 3.63) is 65.2 Å². The Morgan fingerprint density at radius 1 is 1.03 bits per heavy atom. The van der Waals surface area contributed by atoms with Crippen molar-refractivity contribution in [1.29, 1.82) is 0 Å². The van der Waals surface area contributed by atoms with E-state index in [4.69, 9.17) is 4.42 Å². The number of furan rings is 1. The maximum Gasteiger partial charge on any atom is 0.297 e. The molecule has 0 bridgehead atoms. The van der Waals surface area contributed by atoms with Gasteiger partial charge in [0.2, 0.25) is 11.5 Å². The summed E-state index contributed by atoms with van der Waals surface area (Å²) in [6, 6.07) is 14.5. The Hall–Kier alpha value is -3.81. The molecule has 1 amide bonds. The number of amides is 1. The van der Waals surface area contributed by atoms with Gasteiger partial charge in [0.1, 0.15) is 23.4 Å². The summed E-state index contributed by atoms with van der Waals surface area (Å²) in [6.07, 6.45) is 1.41. The highest BCUT2D eigenvalue weighted by Crippen LogP contribution is 2.27. The van der Waals surface area contributed by atoms with Crippen molar-refractivity contribution in [1.82, 2.24) is 14.5 Å². The molecule has 1 fully saturated rings. The van der Waals surface area contributed by atoms with Crippen molar-refractivity contribution < 1.29 is 14.3 Å². The van der Waals surface area contributed by atoms with E-state index in [0.29, 0.717) is 37.3 Å². The van der Waals surface area contributed by atoms with Gasteiger partial charge < -0.3 is 19.3 Å². The maximum absolute atomic E-state index is 12.8. The standard InChI is InChI=1S/C22H20N4O4/c27-17-7-3-2-6-16(17)24-9-11-25(12-10-24)19(28)13-26-14-23-20-15-5-1-4-8-18(15)30-21(20)22(26)29/h1-8,14,27H,9-13H2. The van der Waals surface area contributed by atoms with Gasteiger partial charge in [-0.1, -0.05) is 24.3 Å². The number of rotatable bonds is 3. The predicted octanol–water partition coefficient (Wildman–Crippen LogP) is 2.20. The lowest BCUT2D eigenvalue weighted by Crippen LogP contribution is -2.50. The Kier molecular flexibility index (Phi) is 4.39. The van der Waals surface area contributed by atoms with E-state index < -0.39 is 0 Å². The van der Waals surface area contributed by atoms with Gasteiger partial charge >= 0.3 is 0 Å². The summed E-state index contributed by atoms with van der Waals surface area (Å²) in [7, 11) is 0. The van der Waals surface area contributed by atoms with Crippen molar-refractivity contribution in [3.8, 4) is 5.75 Å². The zero-order chi connectivity index (χ0) is 20.7. The second-order valence-corrected chi connectivity index (χ2v) is 7.31. The highest BCUT2D eigenvalue weighted by Gasteiger charge is 2.23. The molecular weight excluding hydrogens is 384 g/mol. The van der Waals surface area contributed by atoms with Crippen LogP contribution in [0.2, 0.25) is 0 Å². The van der Waals surface area contributed by atoms with Crippen molar-refractivity contribution in [3.63, 3.8) is 0 Å². The van der Waals surface area contributed by atoms with Gasteiger partial charge in [-0.25, -0.2) is 4.98 Å². The summed E-state index contributed by atoms with van der Waals surface area (Å²) in [4.78, 5) is 33.7. The Morgan fingerprint density at radius 3 is 2.57 bits per heavy atom. The number of benzene rings is 2. The number of aromatic nitrogens is 2. The van der Waals surface area contributed by atoms with Crippen LogP contribution in [0.4, 0.5) is 5.69 Å². The van der Waals surface area contributed by atoms with Crippen molar-refractivity contribution in [2.24, 2.45) is 0 Å². The van der Waals surface area contributed by atoms with Gasteiger partial charge in [-0.2, -0.15) is 0 Å². The molecule has 8 nitrogen and oxygen atoms in total. The monoisotopic (exact) mass is 404 g/mol. The SMILES string of the molecule is O=C(Cn1cnc2c(oc3ccccc32)c1=O)N1CCN(c2ccccc2O)CC1. The molecule has 1 aliphatic heterocycles. The van der Waals surface area contributed by atoms with Crippen LogP contribution >= 0.6 is 0 Å². The van der Waals surface area contributed by atoms with E-state index >= 15 is 0 Å². The summed E-state index contributed by atoms with van der Waals surface area (Å²) < 4.78 is 6.97. The molecule has 2 aromatic heterocycles. The Balaban J connectivity index is 1.32. The molecule has 3 heterocycles. The number of hydrogen-bond acceptors (Lipinski definition) is 6. The molecule has 0 aliphatic carbocycles. The Bertz CT molecular complexity index is 1300. The number of piperazine rings is 1. The molecule has 2 aromatic carbocycles. The molecule has 1 aliphatic rings. The van der Waals surface area contributed by atoms with Gasteiger partial charge in [-0.05, 0) is 24.3 Å². The van der Waals surface area contributed by atoms with Gasteiger partial charge in [0.25, 0.3) is 5.56 Å². The predicted molar refractivity (Wildman–Crippen MR) is 113 cm³/mol. The first-order valence-electron chi connectivity index (χ1n) is 9.79. The summed E-state index contributed by atoms with van der Waals surface area (Å²) in [5, 5.41) is 10.8. The molecule has 0 unspecified atom stereocenters. The normalized spacial score (nSPS) is 14.5. The minimum Gasteiger partial charge on any atom is -0.506 e. The molecule has 4 aromatic rings. The number of hydrogen-bond donors (Lipinski definition) is 1. The molecule has 30 heavy (non-hydrogen) atoms. The Morgan fingerprint density at radius 2 is 1.77 bits per heavy atom. The van der Waals surface area contributed by atoms with Crippen LogP contribution in [0.5, 0.6) is 5.75 Å². The van der Waals surface area contributed by atoms with Gasteiger partial charge in [-0.3, -0.25) is 14.2 Å². The fourth-order valence-electron chi connectivity index (χ4n) is 3.90. The summed E-state index contributed by atoms with van der Waals surface area (Å²) in [6.45, 7) is 2.16. The minimum atomic E-state index is -0.364. The smallest absolute Gasteiger partial charge is 0.297 e. The van der Waals surface area contributed by atoms with Crippen LogP contribution in [0.15, 0.2) is 64.1 Å². The highest BCUT2D eigenvalue weighted by atomic mass is 16.3. The second kappa shape index (κ2) is 7.22. The average molecular weight is 404 g/mol. The number of carbonyl (C=O) groups is 1. The Labute approximate surface area is 171 Å². The van der Waals surface area contributed by atoms with Crippen molar-refractivity contribution in [2.45, 2.75) is 6.54 Å². The van der Waals surface area contributed by atoms with Gasteiger partial charge in [0.05, 0.1) is 12.0 Å². The number of phenols is 1. The molecule has 0 radical (unpaired) electrons. The molecule has 152 valence electrons. The van der Waals surface area contributed by atoms with Crippen LogP contribution in [0.25, 0.3) is 22.1 Å². The van der Waals surface area contributed by atoms with Gasteiger partial charge in [-0.15, -0.1) is 0 Å². The van der Waals surface area contributed by atoms with Crippen LogP contribution in [0.3, 0.4) is 0 Å². The molecular formula is C22H20N4O4. The first-order chi connectivity index (χ1) is 14.6. The number of anilines is 1. The largest absolute Gasteiger partial charge is 0.506 e. The molecule has 0 atom stereocenters. The van der Waals surface area contributed by atoms with Crippen LogP contribution in [-0.2, 0) is 11.3 Å². The number of carbonyl (C=O) groups excluding carboxylic acids is 1. The van der Waals surface area contributed by atoms with E-state index in [-0.39, 0.29) is 29.3 Å². The van der Waals surface area contributed by atoms with Crippen LogP contribution < -0.4 is 10.5 Å². The molecule has 1 saturated heterocycles. The fraction of sp³-hybridized carbons (Fsp3) is 0.227. The summed E-state index contributed by atoms with van der Waals surface area (Å²) >= 11 is 0. The number of fused-ring (bicyclic) bond motifs is 3. The summed E-state index contributed by atoms with van der Waals surface area (Å²) in [5.41, 5.74) is 1.67. The number of para-hydroxylation sites is 3. The lowest BCUT2D eigenvalue weighted by Gasteiger charge is -2.36. The summed E-state index contributed by atoms with van der Waals surface area (Å²) in [5.74, 6) is 0.0836. The van der Waals surface area contributed by atoms with Crippen LogP contribution in [0.1, 0.15) is 0 Å². The van der Waals surface area contributed by atoms with E-state index in [1.54, 1.807) is 23.1 Å². The molecule has 0 spiro atoms. The third-order valence-electron chi connectivity index (χ3n) is 5.51. The molecule has 5 rings (SSSR count). The van der Waals surface area contributed by atoms with E-state index in [9.17, 15) is 14.7 Å². The third kappa shape index (κ3) is 3.06. The van der Waals surface area contributed by atoms with E-state index in [2.05, 4.69) is 4.98 Å². The zero-order valence-corrected chi connectivity index (χ0v) is 16.2. The van der Waals surface area contributed by atoms with Crippen molar-refractivity contribution >= 4 is 33.7 Å². The van der Waals surface area contributed by atoms with Crippen LogP contribution in [0, 0.1) is 0 Å². The third-order valence-corrected chi connectivity index (χ3v) is 5.51. The van der Waals surface area contributed by atoms with Gasteiger partial charge in [0.15, 0.2) is 0 Å². The van der Waals surface area contributed by atoms with E-state index in [1.807, 2.05) is 35.2 Å². The lowest BCUT2D eigenvalue weighted by atomic mass is 10.2. The second-order valence-electron chi connectivity index (χ2n) is 7.31. The first-order valence-corrected chi connectivity index (χ1v) is 9.79. The van der Waals surface area contributed by atoms with Crippen LogP contribution in [-0.4, -0.2) is 51.6 Å². The fourth-order valence-corrected chi connectivity index (χ4v) is 3.90. The highest BCUT2D eigenvalue weighted by molar-refractivity contribution is 6.01. The number of aromatic hydroxyl groups is 1. The zero-order valence-electron chi connectivity index (χ0n) is 16.2. The molecule has 8 heteroatoms. The van der Waals surface area contributed by atoms with Gasteiger partial charge in [0, 0.05) is 31.6 Å². The quantitative estimate of drug-likeness (QED) is 0.563. The van der Waals surface area contributed by atoms with Crippen molar-refractivity contribution in [2.75, 3.05) is 31.1 Å². The maximum atomic E-state index is 12.8. The topological polar surface area (TPSA) is 91.8 Å².